The van der Waals surface area contributed by atoms with Gasteiger partial charge in [0.2, 0.25) is 0 Å². The molecule has 0 aromatic carbocycles. The molecule has 1 aliphatic rings. The molecule has 2 rings (SSSR count). The number of rotatable bonds is 4. The van der Waals surface area contributed by atoms with Gasteiger partial charge < -0.3 is 9.67 Å². The Bertz CT molecular complexity index is 335. The maximum atomic E-state index is 9.47. The minimum absolute atomic E-state index is 0.197. The number of aliphatic hydroxyl groups is 1. The third-order valence-electron chi connectivity index (χ3n) is 3.39. The van der Waals surface area contributed by atoms with Crippen molar-refractivity contribution in [2.45, 2.75) is 44.9 Å². The number of hydrogen-bond acceptors (Lipinski definition) is 3. The third-order valence-corrected chi connectivity index (χ3v) is 3.39. The summed E-state index contributed by atoms with van der Waals surface area (Å²) in [6.45, 7) is 3.97. The van der Waals surface area contributed by atoms with Crippen molar-refractivity contribution < 1.29 is 5.11 Å². The van der Waals surface area contributed by atoms with Gasteiger partial charge in [-0.15, -0.1) is 0 Å². The number of aliphatic hydroxyl groups excluding tert-OH is 1. The van der Waals surface area contributed by atoms with Crippen molar-refractivity contribution in [1.82, 2.24) is 14.5 Å². The van der Waals surface area contributed by atoms with Gasteiger partial charge in [0.15, 0.2) is 0 Å². The number of imidazole rings is 1. The van der Waals surface area contributed by atoms with Crippen LogP contribution < -0.4 is 0 Å². The molecule has 1 aliphatic heterocycles. The first-order valence-electron chi connectivity index (χ1n) is 6.04. The van der Waals surface area contributed by atoms with Gasteiger partial charge in [-0.25, -0.2) is 4.98 Å². The van der Waals surface area contributed by atoms with Crippen molar-refractivity contribution in [2.75, 3.05) is 6.54 Å². The van der Waals surface area contributed by atoms with Crippen LogP contribution in [0.5, 0.6) is 0 Å². The highest BCUT2D eigenvalue weighted by atomic mass is 16.3. The second-order valence-corrected chi connectivity index (χ2v) is 4.85. The summed E-state index contributed by atoms with van der Waals surface area (Å²) in [5.74, 6) is 0. The Morgan fingerprint density at radius 1 is 1.62 bits per heavy atom. The Labute approximate surface area is 96.9 Å². The van der Waals surface area contributed by atoms with Crippen molar-refractivity contribution in [3.63, 3.8) is 0 Å². The molecule has 0 aliphatic carbocycles. The smallest absolute Gasteiger partial charge is 0.0945 e. The van der Waals surface area contributed by atoms with E-state index in [1.54, 1.807) is 0 Å². The van der Waals surface area contributed by atoms with Crippen molar-refractivity contribution in [2.24, 2.45) is 7.05 Å². The molecule has 2 unspecified atom stereocenters. The van der Waals surface area contributed by atoms with Crippen LogP contribution in [-0.2, 0) is 13.6 Å². The van der Waals surface area contributed by atoms with Crippen LogP contribution in [0.25, 0.3) is 0 Å². The minimum atomic E-state index is -0.197. The lowest BCUT2D eigenvalue weighted by molar-refractivity contribution is 0.129. The van der Waals surface area contributed by atoms with E-state index in [4.69, 9.17) is 0 Å². The predicted molar refractivity (Wildman–Crippen MR) is 62.9 cm³/mol. The molecular weight excluding hydrogens is 202 g/mol. The molecule has 2 heterocycles. The molecule has 1 aromatic rings. The van der Waals surface area contributed by atoms with E-state index < -0.39 is 0 Å². The Morgan fingerprint density at radius 3 is 3.06 bits per heavy atom. The van der Waals surface area contributed by atoms with E-state index in [2.05, 4.69) is 14.5 Å². The van der Waals surface area contributed by atoms with Gasteiger partial charge in [-0.05, 0) is 32.7 Å². The fraction of sp³-hybridized carbons (Fsp3) is 0.750. The van der Waals surface area contributed by atoms with Gasteiger partial charge in [-0.1, -0.05) is 0 Å². The van der Waals surface area contributed by atoms with E-state index in [9.17, 15) is 5.11 Å². The minimum Gasteiger partial charge on any atom is -0.393 e. The highest BCUT2D eigenvalue weighted by molar-refractivity contribution is 4.99. The van der Waals surface area contributed by atoms with Crippen LogP contribution in [0.2, 0.25) is 0 Å². The standard InChI is InChI=1S/C12H21N3O/c1-10(16)6-11-4-3-5-15(11)8-12-7-13-9-14(12)2/h7,9-11,16H,3-6,8H2,1-2H3. The SMILES string of the molecule is CC(O)CC1CCCN1Cc1cncn1C. The van der Waals surface area contributed by atoms with E-state index in [1.165, 1.54) is 18.5 Å². The first-order valence-corrected chi connectivity index (χ1v) is 6.04. The summed E-state index contributed by atoms with van der Waals surface area (Å²) in [5, 5.41) is 9.47. The lowest BCUT2D eigenvalue weighted by Crippen LogP contribution is -2.32. The topological polar surface area (TPSA) is 41.3 Å². The molecule has 0 spiro atoms. The normalized spacial score (nSPS) is 23.8. The van der Waals surface area contributed by atoms with Crippen LogP contribution in [0.3, 0.4) is 0 Å². The number of aryl methyl sites for hydroxylation is 1. The Hall–Kier alpha value is -0.870. The summed E-state index contributed by atoms with van der Waals surface area (Å²) in [6.07, 6.45) is 6.92. The first-order chi connectivity index (χ1) is 7.66. The number of aromatic nitrogens is 2. The fourth-order valence-corrected chi connectivity index (χ4v) is 2.51. The molecule has 0 bridgehead atoms. The third kappa shape index (κ3) is 2.62. The number of nitrogens with zero attached hydrogens (tertiary/aromatic N) is 3. The molecule has 1 fully saturated rings. The highest BCUT2D eigenvalue weighted by Gasteiger charge is 2.25. The molecule has 1 N–H and O–H groups in total. The summed E-state index contributed by atoms with van der Waals surface area (Å²) in [4.78, 5) is 6.60. The molecule has 0 saturated carbocycles. The summed E-state index contributed by atoms with van der Waals surface area (Å²) in [5.41, 5.74) is 1.25. The van der Waals surface area contributed by atoms with Crippen LogP contribution in [0.1, 0.15) is 31.9 Å². The molecular formula is C12H21N3O. The Balaban J connectivity index is 1.96. The molecule has 0 amide bonds. The molecule has 2 atom stereocenters. The van der Waals surface area contributed by atoms with Gasteiger partial charge in [0.1, 0.15) is 0 Å². The molecule has 90 valence electrons. The van der Waals surface area contributed by atoms with E-state index in [1.807, 2.05) is 26.5 Å². The molecule has 1 saturated heterocycles. The maximum Gasteiger partial charge on any atom is 0.0945 e. The predicted octanol–water partition coefficient (Wildman–Crippen LogP) is 1.16. The largest absolute Gasteiger partial charge is 0.393 e. The summed E-state index contributed by atoms with van der Waals surface area (Å²) in [7, 11) is 2.03. The second kappa shape index (κ2) is 4.97. The average molecular weight is 223 g/mol. The van der Waals surface area contributed by atoms with Crippen molar-refractivity contribution in [3.8, 4) is 0 Å². The van der Waals surface area contributed by atoms with Gasteiger partial charge in [0.25, 0.3) is 0 Å². The van der Waals surface area contributed by atoms with Crippen LogP contribution >= 0.6 is 0 Å². The average Bonchev–Trinajstić information content (AvgIpc) is 2.78. The van der Waals surface area contributed by atoms with E-state index in [0.717, 1.165) is 19.5 Å². The Kier molecular flexibility index (Phi) is 3.61. The quantitative estimate of drug-likeness (QED) is 0.832. The monoisotopic (exact) mass is 223 g/mol. The van der Waals surface area contributed by atoms with Crippen LogP contribution in [0, 0.1) is 0 Å². The van der Waals surface area contributed by atoms with Crippen molar-refractivity contribution in [1.29, 1.82) is 0 Å². The molecule has 16 heavy (non-hydrogen) atoms. The number of likely N-dealkylation sites (tertiary alicyclic amines) is 1. The van der Waals surface area contributed by atoms with Gasteiger partial charge in [0.05, 0.1) is 18.1 Å². The Morgan fingerprint density at radius 2 is 2.44 bits per heavy atom. The van der Waals surface area contributed by atoms with Crippen LogP contribution in [-0.4, -0.2) is 38.2 Å². The zero-order valence-corrected chi connectivity index (χ0v) is 10.1. The van der Waals surface area contributed by atoms with E-state index >= 15 is 0 Å². The molecule has 4 nitrogen and oxygen atoms in total. The maximum absolute atomic E-state index is 9.47. The highest BCUT2D eigenvalue weighted by Crippen LogP contribution is 2.23. The zero-order chi connectivity index (χ0) is 11.5. The van der Waals surface area contributed by atoms with Crippen molar-refractivity contribution >= 4 is 0 Å². The van der Waals surface area contributed by atoms with Gasteiger partial charge in [0, 0.05) is 25.8 Å². The van der Waals surface area contributed by atoms with Gasteiger partial charge in [-0.2, -0.15) is 0 Å². The summed E-state index contributed by atoms with van der Waals surface area (Å²) >= 11 is 0. The summed E-state index contributed by atoms with van der Waals surface area (Å²) < 4.78 is 2.07. The van der Waals surface area contributed by atoms with Gasteiger partial charge >= 0.3 is 0 Å². The number of hydrogen-bond donors (Lipinski definition) is 1. The molecule has 0 radical (unpaired) electrons. The lowest BCUT2D eigenvalue weighted by atomic mass is 10.1. The molecule has 1 aromatic heterocycles. The lowest BCUT2D eigenvalue weighted by Gasteiger charge is -2.25. The van der Waals surface area contributed by atoms with E-state index in [-0.39, 0.29) is 6.10 Å². The molecule has 4 heteroatoms. The summed E-state index contributed by atoms with van der Waals surface area (Å²) in [6, 6.07) is 0.537. The first kappa shape index (κ1) is 11.6. The van der Waals surface area contributed by atoms with Crippen LogP contribution in [0.4, 0.5) is 0 Å². The van der Waals surface area contributed by atoms with Crippen molar-refractivity contribution in [3.05, 3.63) is 18.2 Å². The zero-order valence-electron chi connectivity index (χ0n) is 10.1. The fourth-order valence-electron chi connectivity index (χ4n) is 2.51. The van der Waals surface area contributed by atoms with Crippen LogP contribution in [0.15, 0.2) is 12.5 Å². The second-order valence-electron chi connectivity index (χ2n) is 4.85. The van der Waals surface area contributed by atoms with E-state index in [0.29, 0.717) is 6.04 Å². The van der Waals surface area contributed by atoms with Gasteiger partial charge in [-0.3, -0.25) is 4.90 Å².